The molecule has 0 aromatic heterocycles. The van der Waals surface area contributed by atoms with E-state index < -0.39 is 17.7 Å². The summed E-state index contributed by atoms with van der Waals surface area (Å²) in [4.78, 5) is 0. The van der Waals surface area contributed by atoms with E-state index in [1.807, 2.05) is 13.0 Å². The van der Waals surface area contributed by atoms with Crippen molar-refractivity contribution in [3.63, 3.8) is 0 Å². The average molecular weight is 361 g/mol. The lowest BCUT2D eigenvalue weighted by Crippen LogP contribution is -2.23. The highest BCUT2D eigenvalue weighted by Crippen LogP contribution is 2.32. The third-order valence-corrected chi connectivity index (χ3v) is 3.91. The predicted molar refractivity (Wildman–Crippen MR) is 81.0 cm³/mol. The lowest BCUT2D eigenvalue weighted by Gasteiger charge is -2.21. The van der Waals surface area contributed by atoms with Gasteiger partial charge in [-0.3, -0.25) is 0 Å². The Labute approximate surface area is 130 Å². The Hall–Kier alpha value is -0.970. The normalized spacial score (nSPS) is 12.4. The topological polar surface area (TPSA) is 12.0 Å². The van der Waals surface area contributed by atoms with E-state index in [-0.39, 0.29) is 0 Å². The number of benzene rings is 2. The van der Waals surface area contributed by atoms with Crippen LogP contribution < -0.4 is 5.32 Å². The minimum Gasteiger partial charge on any atom is -0.306 e. The van der Waals surface area contributed by atoms with Gasteiger partial charge in [-0.05, 0) is 36.4 Å². The lowest BCUT2D eigenvalue weighted by molar-refractivity contribution is 0.540. The summed E-state index contributed by atoms with van der Waals surface area (Å²) in [5.41, 5.74) is 1.20. The molecule has 2 aromatic carbocycles. The van der Waals surface area contributed by atoms with Crippen molar-refractivity contribution in [3.8, 4) is 0 Å². The molecule has 0 amide bonds. The Balaban J connectivity index is 2.53. The van der Waals surface area contributed by atoms with Crippen LogP contribution in [0, 0.1) is 11.6 Å². The molecule has 1 unspecified atom stereocenters. The van der Waals surface area contributed by atoms with Crippen LogP contribution in [0.2, 0.25) is 5.02 Å². The maximum Gasteiger partial charge on any atom is 0.131 e. The second-order valence-corrected chi connectivity index (χ2v) is 5.61. The summed E-state index contributed by atoms with van der Waals surface area (Å²) in [5.74, 6) is -1.17. The second kappa shape index (κ2) is 6.66. The molecule has 0 heterocycles. The molecule has 0 saturated carbocycles. The van der Waals surface area contributed by atoms with Crippen LogP contribution in [0.1, 0.15) is 24.1 Å². The van der Waals surface area contributed by atoms with Crippen LogP contribution in [0.25, 0.3) is 0 Å². The van der Waals surface area contributed by atoms with Crippen LogP contribution in [0.3, 0.4) is 0 Å². The monoisotopic (exact) mass is 359 g/mol. The summed E-state index contributed by atoms with van der Waals surface area (Å²) < 4.78 is 27.9. The first-order chi connectivity index (χ1) is 9.52. The molecule has 1 nitrogen and oxygen atoms in total. The molecule has 2 rings (SSSR count). The highest BCUT2D eigenvalue weighted by Gasteiger charge is 2.20. The van der Waals surface area contributed by atoms with Crippen molar-refractivity contribution < 1.29 is 8.78 Å². The molecule has 0 aliphatic carbocycles. The van der Waals surface area contributed by atoms with Crippen LogP contribution in [0.4, 0.5) is 8.78 Å². The average Bonchev–Trinajstić information content (AvgIpc) is 2.40. The largest absolute Gasteiger partial charge is 0.306 e. The maximum atomic E-state index is 14.0. The van der Waals surface area contributed by atoms with Crippen LogP contribution in [0.5, 0.6) is 0 Å². The standard InChI is InChI=1S/C15H13BrClF2N/c1-2-20-15(11-5-4-10(18)8-14(11)19)12-7-9(17)3-6-13(12)16/h3-8,15,20H,2H2,1H3. The fourth-order valence-corrected chi connectivity index (χ4v) is 2.72. The van der Waals surface area contributed by atoms with E-state index in [9.17, 15) is 8.78 Å². The van der Waals surface area contributed by atoms with E-state index in [1.54, 1.807) is 12.1 Å². The molecule has 0 saturated heterocycles. The third kappa shape index (κ3) is 3.37. The van der Waals surface area contributed by atoms with Gasteiger partial charge in [-0.25, -0.2) is 8.78 Å². The molecule has 1 N–H and O–H groups in total. The Bertz CT molecular complexity index is 619. The molecule has 1 atom stereocenters. The van der Waals surface area contributed by atoms with Crippen LogP contribution in [-0.2, 0) is 0 Å². The first-order valence-corrected chi connectivity index (χ1v) is 7.33. The molecular weight excluding hydrogens is 348 g/mol. The maximum absolute atomic E-state index is 14.0. The zero-order chi connectivity index (χ0) is 14.7. The first kappa shape index (κ1) is 15.4. The van der Waals surface area contributed by atoms with Gasteiger partial charge in [0.2, 0.25) is 0 Å². The molecule has 0 radical (unpaired) electrons. The number of hydrogen-bond acceptors (Lipinski definition) is 1. The number of rotatable bonds is 4. The minimum atomic E-state index is -0.591. The fourth-order valence-electron chi connectivity index (χ4n) is 2.06. The third-order valence-electron chi connectivity index (χ3n) is 2.95. The Morgan fingerprint density at radius 3 is 2.55 bits per heavy atom. The van der Waals surface area contributed by atoms with Crippen molar-refractivity contribution >= 4 is 27.5 Å². The van der Waals surface area contributed by atoms with E-state index in [1.165, 1.54) is 12.1 Å². The molecule has 0 aliphatic rings. The van der Waals surface area contributed by atoms with Gasteiger partial charge in [0.1, 0.15) is 11.6 Å². The predicted octanol–water partition coefficient (Wildman–Crippen LogP) is 5.08. The number of nitrogens with one attached hydrogen (secondary N) is 1. The fraction of sp³-hybridized carbons (Fsp3) is 0.200. The van der Waals surface area contributed by atoms with E-state index in [4.69, 9.17) is 11.6 Å². The smallest absolute Gasteiger partial charge is 0.131 e. The molecule has 5 heteroatoms. The molecular formula is C15H13BrClF2N. The second-order valence-electron chi connectivity index (χ2n) is 4.32. The molecule has 0 fully saturated rings. The zero-order valence-electron chi connectivity index (χ0n) is 10.8. The van der Waals surface area contributed by atoms with E-state index in [0.717, 1.165) is 16.1 Å². The van der Waals surface area contributed by atoms with Crippen LogP contribution in [-0.4, -0.2) is 6.54 Å². The molecule has 106 valence electrons. The summed E-state index contributed by atoms with van der Waals surface area (Å²) in [7, 11) is 0. The van der Waals surface area contributed by atoms with E-state index in [0.29, 0.717) is 17.1 Å². The minimum absolute atomic E-state index is 0.385. The van der Waals surface area contributed by atoms with Crippen LogP contribution in [0.15, 0.2) is 40.9 Å². The summed E-state index contributed by atoms with van der Waals surface area (Å²) >= 11 is 9.45. The SMILES string of the molecule is CCNC(c1ccc(F)cc1F)c1cc(Cl)ccc1Br. The first-order valence-electron chi connectivity index (χ1n) is 6.16. The van der Waals surface area contributed by atoms with Crippen LogP contribution >= 0.6 is 27.5 Å². The van der Waals surface area contributed by atoms with Crippen molar-refractivity contribution in [3.05, 3.63) is 68.7 Å². The summed E-state index contributed by atoms with van der Waals surface area (Å²) in [6.45, 7) is 2.56. The van der Waals surface area contributed by atoms with Crippen molar-refractivity contribution in [2.24, 2.45) is 0 Å². The Morgan fingerprint density at radius 1 is 1.15 bits per heavy atom. The summed E-state index contributed by atoms with van der Waals surface area (Å²) in [6, 6.07) is 8.52. The molecule has 2 aromatic rings. The van der Waals surface area contributed by atoms with Gasteiger partial charge >= 0.3 is 0 Å². The molecule has 0 aliphatic heterocycles. The molecule has 0 bridgehead atoms. The quantitative estimate of drug-likeness (QED) is 0.802. The van der Waals surface area contributed by atoms with Gasteiger partial charge in [-0.1, -0.05) is 40.5 Å². The van der Waals surface area contributed by atoms with Gasteiger partial charge in [0.05, 0.1) is 6.04 Å². The molecule has 20 heavy (non-hydrogen) atoms. The highest BCUT2D eigenvalue weighted by molar-refractivity contribution is 9.10. The molecule has 0 spiro atoms. The highest BCUT2D eigenvalue weighted by atomic mass is 79.9. The number of halogens is 4. The summed E-state index contributed by atoms with van der Waals surface area (Å²) in [5, 5.41) is 3.76. The van der Waals surface area contributed by atoms with Crippen molar-refractivity contribution in [2.75, 3.05) is 6.54 Å². The van der Waals surface area contributed by atoms with Gasteiger partial charge in [-0.15, -0.1) is 0 Å². The van der Waals surface area contributed by atoms with Crippen molar-refractivity contribution in [1.29, 1.82) is 0 Å². The summed E-state index contributed by atoms with van der Waals surface area (Å²) in [6.07, 6.45) is 0. The number of hydrogen-bond donors (Lipinski definition) is 1. The van der Waals surface area contributed by atoms with Crippen molar-refractivity contribution in [1.82, 2.24) is 5.32 Å². The van der Waals surface area contributed by atoms with E-state index in [2.05, 4.69) is 21.2 Å². The van der Waals surface area contributed by atoms with Gasteiger partial charge in [0.25, 0.3) is 0 Å². The van der Waals surface area contributed by atoms with Gasteiger partial charge in [0, 0.05) is 21.1 Å². The zero-order valence-corrected chi connectivity index (χ0v) is 13.1. The van der Waals surface area contributed by atoms with Gasteiger partial charge in [-0.2, -0.15) is 0 Å². The van der Waals surface area contributed by atoms with Crippen molar-refractivity contribution in [2.45, 2.75) is 13.0 Å². The van der Waals surface area contributed by atoms with E-state index >= 15 is 0 Å². The Morgan fingerprint density at radius 2 is 1.90 bits per heavy atom. The lowest BCUT2D eigenvalue weighted by atomic mass is 9.98. The van der Waals surface area contributed by atoms with Gasteiger partial charge < -0.3 is 5.32 Å². The Kier molecular flexibility index (Phi) is 5.13. The van der Waals surface area contributed by atoms with Gasteiger partial charge in [0.15, 0.2) is 0 Å².